The largest absolute Gasteiger partial charge is 0.450 e. The number of nitrogen functional groups attached to an aromatic ring is 1. The minimum absolute atomic E-state index is 0.241. The molecule has 3 rings (SSSR count). The lowest BCUT2D eigenvalue weighted by atomic mass is 10.1. The van der Waals surface area contributed by atoms with Gasteiger partial charge in [0, 0.05) is 28.4 Å². The van der Waals surface area contributed by atoms with Crippen LogP contribution in [0.1, 0.15) is 30.1 Å². The molecule has 1 heterocycles. The van der Waals surface area contributed by atoms with Gasteiger partial charge in [0.1, 0.15) is 0 Å². The zero-order valence-corrected chi connectivity index (χ0v) is 16.5. The molecule has 0 unspecified atom stereocenters. The summed E-state index contributed by atoms with van der Waals surface area (Å²) < 4.78 is 4.99. The number of ether oxygens (including phenoxy) is 1. The van der Waals surface area contributed by atoms with Crippen LogP contribution in [0.25, 0.3) is 0 Å². The molecule has 28 heavy (non-hydrogen) atoms. The lowest BCUT2D eigenvalue weighted by Gasteiger charge is -2.22. The Balaban J connectivity index is 1.54. The standard InChI is InChI=1S/C20H24N4O3S/c1-2-3-10-27-20(26)23-9-8-22-19(25)13-11-14(21)18-17(12-13)28-16-7-5-4-6-15(16)24-18/h4-7,11-12,24H,2-3,8-10,21H2,1H3,(H,22,25)(H,23,26). The Morgan fingerprint density at radius 1 is 1.14 bits per heavy atom. The van der Waals surface area contributed by atoms with Crippen LogP contribution in [-0.2, 0) is 4.74 Å². The summed E-state index contributed by atoms with van der Waals surface area (Å²) in [6.07, 6.45) is 1.33. The van der Waals surface area contributed by atoms with Gasteiger partial charge in [0.15, 0.2) is 0 Å². The molecular weight excluding hydrogens is 376 g/mol. The molecule has 0 atom stereocenters. The minimum atomic E-state index is -0.470. The number of rotatable bonds is 7. The van der Waals surface area contributed by atoms with Crippen LogP contribution in [-0.4, -0.2) is 31.7 Å². The molecule has 0 radical (unpaired) electrons. The highest BCUT2D eigenvalue weighted by atomic mass is 32.2. The van der Waals surface area contributed by atoms with E-state index in [9.17, 15) is 9.59 Å². The van der Waals surface area contributed by atoms with Crippen molar-refractivity contribution in [2.75, 3.05) is 30.7 Å². The van der Waals surface area contributed by atoms with E-state index in [1.807, 2.05) is 37.3 Å². The fourth-order valence-corrected chi connectivity index (χ4v) is 3.77. The van der Waals surface area contributed by atoms with Crippen molar-refractivity contribution in [3.8, 4) is 0 Å². The molecule has 2 aromatic carbocycles. The number of hydrogen-bond donors (Lipinski definition) is 4. The number of nitrogens with one attached hydrogen (secondary N) is 3. The molecule has 7 nitrogen and oxygen atoms in total. The number of unbranched alkanes of at least 4 members (excludes halogenated alkanes) is 1. The van der Waals surface area contributed by atoms with E-state index in [-0.39, 0.29) is 5.91 Å². The van der Waals surface area contributed by atoms with E-state index in [2.05, 4.69) is 16.0 Å². The molecule has 148 valence electrons. The predicted octanol–water partition coefficient (Wildman–Crippen LogP) is 3.73. The molecule has 1 aliphatic rings. The molecule has 2 aromatic rings. The maximum absolute atomic E-state index is 12.4. The van der Waals surface area contributed by atoms with Gasteiger partial charge in [-0.2, -0.15) is 0 Å². The van der Waals surface area contributed by atoms with Gasteiger partial charge in [0.25, 0.3) is 5.91 Å². The van der Waals surface area contributed by atoms with Crippen LogP contribution in [0.4, 0.5) is 21.9 Å². The molecule has 0 spiro atoms. The van der Waals surface area contributed by atoms with Crippen LogP contribution >= 0.6 is 11.8 Å². The monoisotopic (exact) mass is 400 g/mol. The van der Waals surface area contributed by atoms with Crippen LogP contribution in [0, 0.1) is 0 Å². The van der Waals surface area contributed by atoms with Crippen molar-refractivity contribution in [3.63, 3.8) is 0 Å². The van der Waals surface area contributed by atoms with Gasteiger partial charge < -0.3 is 26.4 Å². The van der Waals surface area contributed by atoms with Gasteiger partial charge in [0.05, 0.1) is 23.7 Å². The van der Waals surface area contributed by atoms with E-state index in [1.54, 1.807) is 17.8 Å². The highest BCUT2D eigenvalue weighted by Crippen LogP contribution is 2.46. The fraction of sp³-hybridized carbons (Fsp3) is 0.300. The quantitative estimate of drug-likeness (QED) is 0.356. The number of fused-ring (bicyclic) bond motifs is 2. The third-order valence-electron chi connectivity index (χ3n) is 4.17. The number of anilines is 3. The van der Waals surface area contributed by atoms with Gasteiger partial charge in [0.2, 0.25) is 0 Å². The number of amides is 2. The highest BCUT2D eigenvalue weighted by molar-refractivity contribution is 7.99. The molecule has 0 aliphatic carbocycles. The first kappa shape index (κ1) is 19.9. The highest BCUT2D eigenvalue weighted by Gasteiger charge is 2.20. The molecular formula is C20H24N4O3S. The Hall–Kier alpha value is -2.87. The third-order valence-corrected chi connectivity index (χ3v) is 5.29. The topological polar surface area (TPSA) is 105 Å². The van der Waals surface area contributed by atoms with Crippen molar-refractivity contribution >= 4 is 40.8 Å². The zero-order valence-electron chi connectivity index (χ0n) is 15.7. The minimum Gasteiger partial charge on any atom is -0.450 e. The second-order valence-corrected chi connectivity index (χ2v) is 7.42. The van der Waals surface area contributed by atoms with Crippen molar-refractivity contribution < 1.29 is 14.3 Å². The molecule has 0 aromatic heterocycles. The van der Waals surface area contributed by atoms with Crippen LogP contribution in [0.2, 0.25) is 0 Å². The van der Waals surface area contributed by atoms with Gasteiger partial charge in [-0.1, -0.05) is 37.2 Å². The van der Waals surface area contributed by atoms with Gasteiger partial charge in [-0.3, -0.25) is 4.79 Å². The number of para-hydroxylation sites is 1. The Morgan fingerprint density at radius 2 is 1.93 bits per heavy atom. The smallest absolute Gasteiger partial charge is 0.407 e. The summed E-state index contributed by atoms with van der Waals surface area (Å²) in [5, 5.41) is 8.71. The maximum Gasteiger partial charge on any atom is 0.407 e. The summed E-state index contributed by atoms with van der Waals surface area (Å²) in [5.41, 5.74) is 8.98. The SMILES string of the molecule is CCCCOC(=O)NCCNC(=O)c1cc(N)c2c(c1)Sc1ccccc1N2. The van der Waals surface area contributed by atoms with Crippen LogP contribution in [0.15, 0.2) is 46.2 Å². The van der Waals surface area contributed by atoms with E-state index >= 15 is 0 Å². The van der Waals surface area contributed by atoms with Gasteiger partial charge in [-0.15, -0.1) is 0 Å². The molecule has 1 aliphatic heterocycles. The van der Waals surface area contributed by atoms with E-state index in [0.29, 0.717) is 30.9 Å². The lowest BCUT2D eigenvalue weighted by Crippen LogP contribution is -2.35. The first-order valence-corrected chi connectivity index (χ1v) is 10.1. The van der Waals surface area contributed by atoms with Crippen LogP contribution < -0.4 is 21.7 Å². The Kier molecular flexibility index (Phi) is 6.65. The van der Waals surface area contributed by atoms with Crippen molar-refractivity contribution in [3.05, 3.63) is 42.0 Å². The van der Waals surface area contributed by atoms with Gasteiger partial charge in [-0.05, 0) is 30.7 Å². The maximum atomic E-state index is 12.4. The molecule has 8 heteroatoms. The van der Waals surface area contributed by atoms with E-state index in [4.69, 9.17) is 10.5 Å². The molecule has 0 saturated carbocycles. The third kappa shape index (κ3) is 4.89. The van der Waals surface area contributed by atoms with Gasteiger partial charge >= 0.3 is 6.09 Å². The van der Waals surface area contributed by atoms with Gasteiger partial charge in [-0.25, -0.2) is 4.79 Å². The molecule has 5 N–H and O–H groups in total. The van der Waals surface area contributed by atoms with E-state index in [1.165, 1.54) is 0 Å². The first-order chi connectivity index (χ1) is 13.6. The average molecular weight is 401 g/mol. The number of carbonyl (C=O) groups excluding carboxylic acids is 2. The predicted molar refractivity (Wildman–Crippen MR) is 111 cm³/mol. The van der Waals surface area contributed by atoms with Crippen molar-refractivity contribution in [2.45, 2.75) is 29.6 Å². The summed E-state index contributed by atoms with van der Waals surface area (Å²) >= 11 is 1.57. The van der Waals surface area contributed by atoms with Crippen molar-refractivity contribution in [1.82, 2.24) is 10.6 Å². The molecule has 0 bridgehead atoms. The molecule has 0 saturated heterocycles. The zero-order chi connectivity index (χ0) is 19.9. The van der Waals surface area contributed by atoms with Crippen molar-refractivity contribution in [1.29, 1.82) is 0 Å². The Bertz CT molecular complexity index is 873. The van der Waals surface area contributed by atoms with E-state index < -0.39 is 6.09 Å². The lowest BCUT2D eigenvalue weighted by molar-refractivity contribution is 0.0952. The van der Waals surface area contributed by atoms with E-state index in [0.717, 1.165) is 34.0 Å². The average Bonchev–Trinajstić information content (AvgIpc) is 2.70. The number of carbonyl (C=O) groups is 2. The van der Waals surface area contributed by atoms with Crippen LogP contribution in [0.5, 0.6) is 0 Å². The number of nitrogens with two attached hydrogens (primary N) is 1. The summed E-state index contributed by atoms with van der Waals surface area (Å²) in [6.45, 7) is 3.02. The normalized spacial score (nSPS) is 11.6. The summed E-state index contributed by atoms with van der Waals surface area (Å²) in [7, 11) is 0. The molecule has 0 fully saturated rings. The summed E-state index contributed by atoms with van der Waals surface area (Å²) in [4.78, 5) is 25.9. The first-order valence-electron chi connectivity index (χ1n) is 9.24. The Labute approximate surface area is 168 Å². The molecule has 2 amide bonds. The Morgan fingerprint density at radius 3 is 2.75 bits per heavy atom. The van der Waals surface area contributed by atoms with Crippen molar-refractivity contribution in [2.24, 2.45) is 0 Å². The fourth-order valence-electron chi connectivity index (χ4n) is 2.70. The summed E-state index contributed by atoms with van der Waals surface area (Å²) in [6, 6.07) is 11.4. The number of alkyl carbamates (subject to hydrolysis) is 1. The second kappa shape index (κ2) is 9.36. The second-order valence-electron chi connectivity index (χ2n) is 6.33. The number of benzene rings is 2. The summed E-state index contributed by atoms with van der Waals surface area (Å²) in [5.74, 6) is -0.241. The van der Waals surface area contributed by atoms with Crippen LogP contribution in [0.3, 0.4) is 0 Å². The number of hydrogen-bond acceptors (Lipinski definition) is 6.